The van der Waals surface area contributed by atoms with Gasteiger partial charge in [0.05, 0.1) is 9.82 Å². The summed E-state index contributed by atoms with van der Waals surface area (Å²) in [5, 5.41) is 10.8. The van der Waals surface area contributed by atoms with Crippen LogP contribution in [0.5, 0.6) is 0 Å². The normalized spacial score (nSPS) is 17.8. The number of benzene rings is 1. The summed E-state index contributed by atoms with van der Waals surface area (Å²) in [6.45, 7) is 9.71. The van der Waals surface area contributed by atoms with Gasteiger partial charge in [-0.3, -0.25) is 15.0 Å². The smallest absolute Gasteiger partial charge is 0.269 e. The molecule has 0 unspecified atom stereocenters. The fraction of sp³-hybridized carbons (Fsp3) is 0.625. The summed E-state index contributed by atoms with van der Waals surface area (Å²) in [4.78, 5) is 12.7. The van der Waals surface area contributed by atoms with E-state index in [1.807, 2.05) is 0 Å². The third-order valence-corrected chi connectivity index (χ3v) is 6.11. The van der Waals surface area contributed by atoms with Crippen molar-refractivity contribution in [2.24, 2.45) is 0 Å². The SMILES string of the molecule is Cc1cc([N+](=O)[O-])ccc1S(=O)(=O)NC1CCN(C(C)(C)C)CC1. The zero-order chi connectivity index (χ0) is 18.1. The number of nitro groups is 1. The monoisotopic (exact) mass is 355 g/mol. The number of hydrogen-bond donors (Lipinski definition) is 1. The van der Waals surface area contributed by atoms with Crippen LogP contribution in [0.2, 0.25) is 0 Å². The van der Waals surface area contributed by atoms with Gasteiger partial charge >= 0.3 is 0 Å². The zero-order valence-corrected chi connectivity index (χ0v) is 15.4. The van der Waals surface area contributed by atoms with Crippen LogP contribution in [0.3, 0.4) is 0 Å². The lowest BCUT2D eigenvalue weighted by Gasteiger charge is -2.40. The van der Waals surface area contributed by atoms with Crippen LogP contribution in [-0.4, -0.2) is 42.9 Å². The summed E-state index contributed by atoms with van der Waals surface area (Å²) < 4.78 is 27.9. The molecular weight excluding hydrogens is 330 g/mol. The van der Waals surface area contributed by atoms with Crippen LogP contribution < -0.4 is 4.72 Å². The Morgan fingerprint density at radius 3 is 2.29 bits per heavy atom. The van der Waals surface area contributed by atoms with Gasteiger partial charge in [-0.05, 0) is 52.2 Å². The van der Waals surface area contributed by atoms with E-state index >= 15 is 0 Å². The molecule has 2 rings (SSSR count). The second-order valence-electron chi connectivity index (χ2n) is 7.26. The summed E-state index contributed by atoms with van der Waals surface area (Å²) in [6.07, 6.45) is 1.51. The number of aryl methyl sites for hydroxylation is 1. The van der Waals surface area contributed by atoms with Crippen molar-refractivity contribution in [3.05, 3.63) is 33.9 Å². The highest BCUT2D eigenvalue weighted by atomic mass is 32.2. The average Bonchev–Trinajstić information content (AvgIpc) is 2.45. The Hall–Kier alpha value is -1.51. The summed E-state index contributed by atoms with van der Waals surface area (Å²) in [7, 11) is -3.68. The molecule has 134 valence electrons. The lowest BCUT2D eigenvalue weighted by molar-refractivity contribution is -0.385. The van der Waals surface area contributed by atoms with Crippen molar-refractivity contribution in [3.8, 4) is 0 Å². The van der Waals surface area contributed by atoms with Crippen molar-refractivity contribution < 1.29 is 13.3 Å². The topological polar surface area (TPSA) is 92.5 Å². The molecule has 1 fully saturated rings. The number of non-ortho nitro benzene ring substituents is 1. The standard InChI is InChI=1S/C16H25N3O4S/c1-12-11-14(19(20)21)5-6-15(12)24(22,23)17-13-7-9-18(10-8-13)16(2,3)4/h5-6,11,13,17H,7-10H2,1-4H3. The number of nitrogens with one attached hydrogen (secondary N) is 1. The molecule has 0 saturated carbocycles. The lowest BCUT2D eigenvalue weighted by Crippen LogP contribution is -2.50. The molecule has 0 radical (unpaired) electrons. The number of hydrogen-bond acceptors (Lipinski definition) is 5. The Labute approximate surface area is 143 Å². The van der Waals surface area contributed by atoms with Crippen LogP contribution in [0.25, 0.3) is 0 Å². The third-order valence-electron chi connectivity index (χ3n) is 4.42. The number of piperidine rings is 1. The number of likely N-dealkylation sites (tertiary alicyclic amines) is 1. The van der Waals surface area contributed by atoms with E-state index in [9.17, 15) is 18.5 Å². The van der Waals surface area contributed by atoms with E-state index in [0.29, 0.717) is 5.56 Å². The Morgan fingerprint density at radius 1 is 1.25 bits per heavy atom. The van der Waals surface area contributed by atoms with Crippen molar-refractivity contribution in [2.45, 2.75) is 57.0 Å². The van der Waals surface area contributed by atoms with Crippen LogP contribution in [0.4, 0.5) is 5.69 Å². The maximum Gasteiger partial charge on any atom is 0.269 e. The van der Waals surface area contributed by atoms with Gasteiger partial charge in [-0.25, -0.2) is 13.1 Å². The highest BCUT2D eigenvalue weighted by Gasteiger charge is 2.30. The molecule has 1 saturated heterocycles. The number of rotatable bonds is 4. The maximum absolute atomic E-state index is 12.6. The molecule has 0 amide bonds. The van der Waals surface area contributed by atoms with Crippen LogP contribution in [0.1, 0.15) is 39.2 Å². The van der Waals surface area contributed by atoms with Gasteiger partial charge in [0.2, 0.25) is 10.0 Å². The summed E-state index contributed by atoms with van der Waals surface area (Å²) in [5.41, 5.74) is 0.354. The minimum absolute atomic E-state index is 0.0821. The predicted octanol–water partition coefficient (Wildman–Crippen LogP) is 2.44. The van der Waals surface area contributed by atoms with Crippen molar-refractivity contribution in [1.29, 1.82) is 0 Å². The molecule has 0 aromatic heterocycles. The van der Waals surface area contributed by atoms with Crippen LogP contribution in [-0.2, 0) is 10.0 Å². The predicted molar refractivity (Wildman–Crippen MR) is 92.5 cm³/mol. The molecule has 1 aliphatic rings. The first-order valence-corrected chi connectivity index (χ1v) is 9.51. The van der Waals surface area contributed by atoms with Gasteiger partial charge in [0.25, 0.3) is 5.69 Å². The molecule has 1 aromatic carbocycles. The zero-order valence-electron chi connectivity index (χ0n) is 14.6. The first-order valence-electron chi connectivity index (χ1n) is 8.03. The minimum Gasteiger partial charge on any atom is -0.298 e. The molecular formula is C16H25N3O4S. The van der Waals surface area contributed by atoms with Gasteiger partial charge in [-0.15, -0.1) is 0 Å². The van der Waals surface area contributed by atoms with Gasteiger partial charge in [0, 0.05) is 36.8 Å². The highest BCUT2D eigenvalue weighted by molar-refractivity contribution is 7.89. The summed E-state index contributed by atoms with van der Waals surface area (Å²) >= 11 is 0. The van der Waals surface area contributed by atoms with Crippen LogP contribution >= 0.6 is 0 Å². The van der Waals surface area contributed by atoms with E-state index in [4.69, 9.17) is 0 Å². The first-order chi connectivity index (χ1) is 11.0. The Kier molecular flexibility index (Phi) is 5.31. The Morgan fingerprint density at radius 2 is 1.83 bits per heavy atom. The van der Waals surface area contributed by atoms with Crippen LogP contribution in [0, 0.1) is 17.0 Å². The first kappa shape index (κ1) is 18.8. The molecule has 1 N–H and O–H groups in total. The van der Waals surface area contributed by atoms with Crippen molar-refractivity contribution >= 4 is 15.7 Å². The van der Waals surface area contributed by atoms with Crippen LogP contribution in [0.15, 0.2) is 23.1 Å². The largest absolute Gasteiger partial charge is 0.298 e. The second-order valence-corrected chi connectivity index (χ2v) is 8.94. The third kappa shape index (κ3) is 4.31. The lowest BCUT2D eigenvalue weighted by atomic mass is 9.99. The Bertz CT molecular complexity index is 717. The summed E-state index contributed by atoms with van der Waals surface area (Å²) in [5.74, 6) is 0. The molecule has 0 spiro atoms. The van der Waals surface area contributed by atoms with Crippen molar-refractivity contribution in [3.63, 3.8) is 0 Å². The van der Waals surface area contributed by atoms with Gasteiger partial charge in [-0.2, -0.15) is 0 Å². The fourth-order valence-electron chi connectivity index (χ4n) is 3.00. The molecule has 1 heterocycles. The van der Waals surface area contributed by atoms with E-state index in [0.717, 1.165) is 25.9 Å². The maximum atomic E-state index is 12.6. The minimum atomic E-state index is -3.68. The summed E-state index contributed by atoms with van der Waals surface area (Å²) in [6, 6.07) is 3.71. The van der Waals surface area contributed by atoms with Crippen molar-refractivity contribution in [1.82, 2.24) is 9.62 Å². The van der Waals surface area contributed by atoms with Gasteiger partial charge in [-0.1, -0.05) is 0 Å². The number of sulfonamides is 1. The second kappa shape index (κ2) is 6.78. The number of nitrogens with zero attached hydrogens (tertiary/aromatic N) is 2. The van der Waals surface area contributed by atoms with Gasteiger partial charge in [0.15, 0.2) is 0 Å². The van der Waals surface area contributed by atoms with Crippen molar-refractivity contribution in [2.75, 3.05) is 13.1 Å². The fourth-order valence-corrected chi connectivity index (χ4v) is 4.53. The average molecular weight is 355 g/mol. The van der Waals surface area contributed by atoms with E-state index in [-0.39, 0.29) is 22.2 Å². The van der Waals surface area contributed by atoms with Gasteiger partial charge in [0.1, 0.15) is 0 Å². The molecule has 0 bridgehead atoms. The highest BCUT2D eigenvalue weighted by Crippen LogP contribution is 2.24. The van der Waals surface area contributed by atoms with E-state index in [2.05, 4.69) is 30.4 Å². The quantitative estimate of drug-likeness (QED) is 0.661. The molecule has 1 aliphatic heterocycles. The Balaban J connectivity index is 2.09. The van der Waals surface area contributed by atoms with E-state index < -0.39 is 14.9 Å². The van der Waals surface area contributed by atoms with Gasteiger partial charge < -0.3 is 0 Å². The molecule has 0 atom stereocenters. The molecule has 8 heteroatoms. The molecule has 0 aliphatic carbocycles. The van der Waals surface area contributed by atoms with E-state index in [1.54, 1.807) is 6.92 Å². The number of nitro benzene ring substituents is 1. The van der Waals surface area contributed by atoms with E-state index in [1.165, 1.54) is 18.2 Å². The molecule has 7 nitrogen and oxygen atoms in total. The molecule has 1 aromatic rings. The molecule has 24 heavy (non-hydrogen) atoms.